The van der Waals surface area contributed by atoms with Crippen LogP contribution in [-0.2, 0) is 7.05 Å². The first kappa shape index (κ1) is 16.6. The highest BCUT2D eigenvalue weighted by atomic mass is 79.9. The molecule has 5 nitrogen and oxygen atoms in total. The van der Waals surface area contributed by atoms with Crippen molar-refractivity contribution in [1.82, 2.24) is 9.55 Å². The summed E-state index contributed by atoms with van der Waals surface area (Å²) in [6, 6.07) is 17.4. The molecule has 0 aliphatic rings. The van der Waals surface area contributed by atoms with Crippen molar-refractivity contribution in [3.8, 4) is 11.4 Å². The average molecular weight is 410 g/mol. The van der Waals surface area contributed by atoms with Gasteiger partial charge in [-0.2, -0.15) is 0 Å². The number of carbonyl (C=O) groups is 1. The van der Waals surface area contributed by atoms with Gasteiger partial charge in [0.15, 0.2) is 10.4 Å². The van der Waals surface area contributed by atoms with E-state index in [1.165, 1.54) is 0 Å². The van der Waals surface area contributed by atoms with Gasteiger partial charge in [-0.25, -0.2) is 4.98 Å². The quantitative estimate of drug-likeness (QED) is 0.508. The molecule has 0 fully saturated rings. The van der Waals surface area contributed by atoms with E-state index >= 15 is 0 Å². The first-order valence-corrected chi connectivity index (χ1v) is 8.91. The van der Waals surface area contributed by atoms with Gasteiger partial charge in [0.2, 0.25) is 0 Å². The van der Waals surface area contributed by atoms with Crippen molar-refractivity contribution in [1.29, 1.82) is 0 Å². The molecule has 2 heterocycles. The maximum atomic E-state index is 12.3. The zero-order valence-corrected chi connectivity index (χ0v) is 15.9. The van der Waals surface area contributed by atoms with Gasteiger partial charge in [0.1, 0.15) is 5.82 Å². The Morgan fingerprint density at radius 3 is 2.54 bits per heavy atom. The Morgan fingerprint density at radius 2 is 1.88 bits per heavy atom. The number of anilines is 1. The molecule has 0 spiro atoms. The molecule has 4 aromatic rings. The summed E-state index contributed by atoms with van der Waals surface area (Å²) < 4.78 is 7.98. The fourth-order valence-electron chi connectivity index (χ4n) is 2.96. The number of fused-ring (bicyclic) bond motifs is 1. The first-order valence-electron chi connectivity index (χ1n) is 8.12. The fraction of sp³-hybridized carbons (Fsp3) is 0.100. The Kier molecular flexibility index (Phi) is 4.12. The van der Waals surface area contributed by atoms with Crippen molar-refractivity contribution in [2.24, 2.45) is 7.05 Å². The molecular weight excluding hydrogens is 394 g/mol. The number of para-hydroxylation sites is 2. The maximum Gasteiger partial charge on any atom is 0.291 e. The van der Waals surface area contributed by atoms with E-state index in [2.05, 4.69) is 25.8 Å². The summed E-state index contributed by atoms with van der Waals surface area (Å²) in [5.74, 6) is 0.912. The molecule has 26 heavy (non-hydrogen) atoms. The molecule has 2 aromatic heterocycles. The summed E-state index contributed by atoms with van der Waals surface area (Å²) in [5.41, 5.74) is 4.51. The number of carbonyl (C=O) groups excluding carboxylic acids is 1. The highest BCUT2D eigenvalue weighted by molar-refractivity contribution is 9.10. The molecule has 130 valence electrons. The Balaban J connectivity index is 1.59. The highest BCUT2D eigenvalue weighted by Gasteiger charge is 2.15. The van der Waals surface area contributed by atoms with Crippen LogP contribution in [0.2, 0.25) is 0 Å². The number of halogens is 1. The number of benzene rings is 2. The van der Waals surface area contributed by atoms with Crippen LogP contribution in [0.15, 0.2) is 63.7 Å². The number of amides is 1. The van der Waals surface area contributed by atoms with E-state index in [9.17, 15) is 4.79 Å². The number of aromatic nitrogens is 2. The van der Waals surface area contributed by atoms with Crippen LogP contribution in [0, 0.1) is 6.92 Å². The second-order valence-electron chi connectivity index (χ2n) is 6.08. The minimum atomic E-state index is -0.274. The third-order valence-electron chi connectivity index (χ3n) is 4.28. The Hall–Kier alpha value is -2.86. The molecule has 0 saturated heterocycles. The topological polar surface area (TPSA) is 60.1 Å². The van der Waals surface area contributed by atoms with Crippen LogP contribution in [0.5, 0.6) is 0 Å². The van der Waals surface area contributed by atoms with Crippen LogP contribution in [0.1, 0.15) is 16.1 Å². The number of nitrogens with one attached hydrogen (secondary N) is 1. The van der Waals surface area contributed by atoms with Gasteiger partial charge in [0.05, 0.1) is 11.0 Å². The summed E-state index contributed by atoms with van der Waals surface area (Å²) in [5, 5.41) is 2.85. The van der Waals surface area contributed by atoms with Gasteiger partial charge in [0, 0.05) is 23.9 Å². The van der Waals surface area contributed by atoms with Crippen LogP contribution < -0.4 is 5.32 Å². The van der Waals surface area contributed by atoms with Crippen molar-refractivity contribution in [3.05, 3.63) is 70.6 Å². The smallest absolute Gasteiger partial charge is 0.291 e. The van der Waals surface area contributed by atoms with E-state index in [4.69, 9.17) is 9.40 Å². The van der Waals surface area contributed by atoms with E-state index in [1.54, 1.807) is 6.07 Å². The van der Waals surface area contributed by atoms with Gasteiger partial charge in [0.25, 0.3) is 5.91 Å². The van der Waals surface area contributed by atoms with E-state index in [0.29, 0.717) is 16.1 Å². The van der Waals surface area contributed by atoms with Crippen molar-refractivity contribution in [2.45, 2.75) is 6.92 Å². The van der Waals surface area contributed by atoms with Crippen LogP contribution in [0.4, 0.5) is 5.69 Å². The lowest BCUT2D eigenvalue weighted by Crippen LogP contribution is -2.12. The normalized spacial score (nSPS) is 11.0. The molecule has 0 unspecified atom stereocenters. The van der Waals surface area contributed by atoms with E-state index in [-0.39, 0.29) is 5.91 Å². The summed E-state index contributed by atoms with van der Waals surface area (Å²) in [6.07, 6.45) is 0. The zero-order valence-electron chi connectivity index (χ0n) is 14.3. The molecule has 0 aliphatic heterocycles. The molecule has 4 rings (SSSR count). The molecule has 2 aromatic carbocycles. The van der Waals surface area contributed by atoms with E-state index < -0.39 is 0 Å². The van der Waals surface area contributed by atoms with Crippen LogP contribution in [0.25, 0.3) is 22.4 Å². The summed E-state index contributed by atoms with van der Waals surface area (Å²) in [4.78, 5) is 17.0. The van der Waals surface area contributed by atoms with Gasteiger partial charge in [-0.1, -0.05) is 12.1 Å². The van der Waals surface area contributed by atoms with Gasteiger partial charge in [-0.05, 0) is 65.3 Å². The molecule has 6 heteroatoms. The second kappa shape index (κ2) is 6.46. The number of aryl methyl sites for hydroxylation is 2. The number of nitrogens with zero attached hydrogens (tertiary/aromatic N) is 2. The van der Waals surface area contributed by atoms with Crippen molar-refractivity contribution < 1.29 is 9.21 Å². The summed E-state index contributed by atoms with van der Waals surface area (Å²) in [7, 11) is 2.00. The third kappa shape index (κ3) is 2.93. The molecule has 0 radical (unpaired) electrons. The summed E-state index contributed by atoms with van der Waals surface area (Å²) in [6.45, 7) is 1.83. The first-order chi connectivity index (χ1) is 12.5. The summed E-state index contributed by atoms with van der Waals surface area (Å²) >= 11 is 3.24. The second-order valence-corrected chi connectivity index (χ2v) is 6.86. The Morgan fingerprint density at radius 1 is 1.15 bits per heavy atom. The highest BCUT2D eigenvalue weighted by Crippen LogP contribution is 2.25. The number of imidazole rings is 1. The van der Waals surface area contributed by atoms with Gasteiger partial charge >= 0.3 is 0 Å². The molecule has 1 amide bonds. The molecule has 0 bridgehead atoms. The zero-order chi connectivity index (χ0) is 18.3. The van der Waals surface area contributed by atoms with Gasteiger partial charge < -0.3 is 14.3 Å². The van der Waals surface area contributed by atoms with Crippen LogP contribution >= 0.6 is 15.9 Å². The molecule has 0 aliphatic carbocycles. The number of rotatable bonds is 3. The lowest BCUT2D eigenvalue weighted by molar-refractivity contribution is 0.0994. The largest absolute Gasteiger partial charge is 0.444 e. The minimum Gasteiger partial charge on any atom is -0.444 e. The maximum absolute atomic E-state index is 12.3. The monoisotopic (exact) mass is 409 g/mol. The average Bonchev–Trinajstić information content (AvgIpc) is 3.15. The number of furan rings is 1. The lowest BCUT2D eigenvalue weighted by Gasteiger charge is -2.06. The van der Waals surface area contributed by atoms with E-state index in [0.717, 1.165) is 28.0 Å². The molecule has 0 saturated carbocycles. The van der Waals surface area contributed by atoms with Crippen molar-refractivity contribution >= 4 is 38.6 Å². The van der Waals surface area contributed by atoms with Crippen LogP contribution in [0.3, 0.4) is 0 Å². The SMILES string of the molecule is Cc1cc(Br)oc1C(=O)Nc1ccc(-c2nc3ccccc3n2C)cc1. The van der Waals surface area contributed by atoms with Gasteiger partial charge in [-0.3, -0.25) is 4.79 Å². The van der Waals surface area contributed by atoms with Crippen molar-refractivity contribution in [3.63, 3.8) is 0 Å². The standard InChI is InChI=1S/C20H16BrN3O2/c1-12-11-17(21)26-18(12)20(25)22-14-9-7-13(8-10-14)19-23-15-5-3-4-6-16(15)24(19)2/h3-11H,1-2H3,(H,22,25). The fourth-order valence-corrected chi connectivity index (χ4v) is 3.47. The minimum absolute atomic E-state index is 0.274. The number of hydrogen-bond donors (Lipinski definition) is 1. The predicted octanol–water partition coefficient (Wildman–Crippen LogP) is 5.16. The molecule has 0 atom stereocenters. The Bertz CT molecular complexity index is 1110. The predicted molar refractivity (Wildman–Crippen MR) is 105 cm³/mol. The number of hydrogen-bond acceptors (Lipinski definition) is 3. The molecule has 1 N–H and O–H groups in total. The third-order valence-corrected chi connectivity index (χ3v) is 4.67. The molecular formula is C20H16BrN3O2. The van der Waals surface area contributed by atoms with Gasteiger partial charge in [-0.15, -0.1) is 0 Å². The van der Waals surface area contributed by atoms with Crippen molar-refractivity contribution in [2.75, 3.05) is 5.32 Å². The van der Waals surface area contributed by atoms with E-state index in [1.807, 2.05) is 62.5 Å². The Labute approximate surface area is 158 Å². The van der Waals surface area contributed by atoms with Crippen LogP contribution in [-0.4, -0.2) is 15.5 Å². The lowest BCUT2D eigenvalue weighted by atomic mass is 10.2.